The average molecular weight is 396 g/mol. The molecule has 29 heavy (non-hydrogen) atoms. The molecule has 152 valence electrons. The monoisotopic (exact) mass is 396 g/mol. The van der Waals surface area contributed by atoms with Crippen LogP contribution >= 0.6 is 0 Å². The molecule has 0 saturated carbocycles. The van der Waals surface area contributed by atoms with Crippen molar-refractivity contribution < 1.29 is 14.0 Å². The first-order chi connectivity index (χ1) is 14.0. The number of nitrogens with one attached hydrogen (secondary N) is 1. The van der Waals surface area contributed by atoms with E-state index < -0.39 is 5.82 Å². The van der Waals surface area contributed by atoms with Crippen molar-refractivity contribution >= 4 is 23.3 Å². The second kappa shape index (κ2) is 8.21. The molecular weight excluding hydrogens is 371 g/mol. The van der Waals surface area contributed by atoms with E-state index in [0.717, 1.165) is 19.5 Å². The van der Waals surface area contributed by atoms with Crippen LogP contribution in [0, 0.1) is 11.7 Å². The summed E-state index contributed by atoms with van der Waals surface area (Å²) >= 11 is 0. The van der Waals surface area contributed by atoms with Crippen LogP contribution in [0.15, 0.2) is 48.5 Å². The minimum Gasteiger partial charge on any atom is -0.337 e. The number of hydrogen-bond acceptors (Lipinski definition) is 3. The number of benzene rings is 2. The van der Waals surface area contributed by atoms with Gasteiger partial charge in [0.05, 0.1) is 11.4 Å². The minimum absolute atomic E-state index is 0.148. The van der Waals surface area contributed by atoms with Gasteiger partial charge in [-0.15, -0.1) is 0 Å². The number of halogens is 1. The summed E-state index contributed by atoms with van der Waals surface area (Å²) in [4.78, 5) is 31.4. The van der Waals surface area contributed by atoms with Crippen LogP contribution in [0.1, 0.15) is 16.8 Å². The zero-order valence-electron chi connectivity index (χ0n) is 16.5. The van der Waals surface area contributed by atoms with E-state index in [1.54, 1.807) is 15.9 Å². The lowest BCUT2D eigenvalue weighted by Crippen LogP contribution is -2.50. The van der Waals surface area contributed by atoms with Gasteiger partial charge in [-0.05, 0) is 56.3 Å². The first-order valence-corrected chi connectivity index (χ1v) is 9.93. The SMILES string of the molecule is CN1CCC(CNC(=O)N2CCN(C(=O)c3cccc(F)c3)c3ccccc32)C1. The van der Waals surface area contributed by atoms with Crippen molar-refractivity contribution in [3.63, 3.8) is 0 Å². The summed E-state index contributed by atoms with van der Waals surface area (Å²) in [6.07, 6.45) is 1.09. The van der Waals surface area contributed by atoms with Gasteiger partial charge in [-0.1, -0.05) is 18.2 Å². The second-order valence-corrected chi connectivity index (χ2v) is 7.71. The Bertz CT molecular complexity index is 919. The zero-order valence-corrected chi connectivity index (χ0v) is 16.5. The van der Waals surface area contributed by atoms with Gasteiger partial charge >= 0.3 is 6.03 Å². The second-order valence-electron chi connectivity index (χ2n) is 7.71. The predicted octanol–water partition coefficient (Wildman–Crippen LogP) is 2.95. The van der Waals surface area contributed by atoms with E-state index in [-0.39, 0.29) is 11.9 Å². The van der Waals surface area contributed by atoms with E-state index >= 15 is 0 Å². The molecule has 2 heterocycles. The number of hydrogen-bond donors (Lipinski definition) is 1. The average Bonchev–Trinajstić information content (AvgIpc) is 3.16. The molecular formula is C22H25FN4O2. The third-order valence-electron chi connectivity index (χ3n) is 5.60. The summed E-state index contributed by atoms with van der Waals surface area (Å²) < 4.78 is 13.6. The van der Waals surface area contributed by atoms with Crippen LogP contribution in [0.25, 0.3) is 0 Å². The van der Waals surface area contributed by atoms with Crippen LogP contribution in [-0.2, 0) is 0 Å². The van der Waals surface area contributed by atoms with Crippen LogP contribution in [0.3, 0.4) is 0 Å². The fourth-order valence-corrected chi connectivity index (χ4v) is 4.08. The third-order valence-corrected chi connectivity index (χ3v) is 5.60. The molecule has 2 aromatic rings. The molecule has 0 aromatic heterocycles. The van der Waals surface area contributed by atoms with Crippen molar-refractivity contribution in [1.29, 1.82) is 0 Å². The Labute approximate surface area is 169 Å². The molecule has 7 heteroatoms. The minimum atomic E-state index is -0.445. The number of rotatable bonds is 3. The van der Waals surface area contributed by atoms with Gasteiger partial charge < -0.3 is 15.1 Å². The van der Waals surface area contributed by atoms with Crippen molar-refractivity contribution in [1.82, 2.24) is 10.2 Å². The maximum Gasteiger partial charge on any atom is 0.322 e. The fourth-order valence-electron chi connectivity index (χ4n) is 4.08. The zero-order chi connectivity index (χ0) is 20.4. The molecule has 3 amide bonds. The molecule has 2 aromatic carbocycles. The van der Waals surface area contributed by atoms with Crippen molar-refractivity contribution in [3.05, 3.63) is 59.9 Å². The lowest BCUT2D eigenvalue weighted by Gasteiger charge is -2.36. The molecule has 2 aliphatic rings. The number of para-hydroxylation sites is 2. The van der Waals surface area contributed by atoms with E-state index in [2.05, 4.69) is 17.3 Å². The van der Waals surface area contributed by atoms with Crippen LogP contribution < -0.4 is 15.1 Å². The van der Waals surface area contributed by atoms with Crippen molar-refractivity contribution in [2.24, 2.45) is 5.92 Å². The summed E-state index contributed by atoms with van der Waals surface area (Å²) in [6, 6.07) is 12.9. The first-order valence-electron chi connectivity index (χ1n) is 9.93. The standard InChI is InChI=1S/C22H25FN4O2/c1-25-10-9-16(15-25)14-24-22(29)27-12-11-26(19-7-2-3-8-20(19)27)21(28)17-5-4-6-18(23)13-17/h2-8,13,16H,9-12,14-15H2,1H3,(H,24,29). The van der Waals surface area contributed by atoms with Gasteiger partial charge in [-0.25, -0.2) is 9.18 Å². The number of anilines is 2. The Morgan fingerprint density at radius 2 is 1.76 bits per heavy atom. The van der Waals surface area contributed by atoms with Crippen LogP contribution in [0.5, 0.6) is 0 Å². The van der Waals surface area contributed by atoms with Crippen LogP contribution in [0.2, 0.25) is 0 Å². The van der Waals surface area contributed by atoms with Crippen molar-refractivity contribution in [3.8, 4) is 0 Å². The Hall–Kier alpha value is -2.93. The number of urea groups is 1. The Morgan fingerprint density at radius 3 is 2.45 bits per heavy atom. The Morgan fingerprint density at radius 1 is 1.03 bits per heavy atom. The number of fused-ring (bicyclic) bond motifs is 1. The lowest BCUT2D eigenvalue weighted by molar-refractivity contribution is 0.0986. The highest BCUT2D eigenvalue weighted by Gasteiger charge is 2.31. The maximum atomic E-state index is 13.6. The highest BCUT2D eigenvalue weighted by Crippen LogP contribution is 2.34. The number of amides is 3. The van der Waals surface area contributed by atoms with E-state index in [1.807, 2.05) is 24.3 Å². The molecule has 0 aliphatic carbocycles. The first kappa shape index (κ1) is 19.4. The molecule has 1 N–H and O–H groups in total. The number of nitrogens with zero attached hydrogens (tertiary/aromatic N) is 3. The number of likely N-dealkylation sites (tertiary alicyclic amines) is 1. The molecule has 0 spiro atoms. The maximum absolute atomic E-state index is 13.6. The molecule has 1 unspecified atom stereocenters. The topological polar surface area (TPSA) is 55.9 Å². The van der Waals surface area contributed by atoms with Crippen molar-refractivity contribution in [2.45, 2.75) is 6.42 Å². The molecule has 2 aliphatic heterocycles. The number of carbonyl (C=O) groups is 2. The van der Waals surface area contributed by atoms with Gasteiger partial charge in [0.1, 0.15) is 5.82 Å². The van der Waals surface area contributed by atoms with Gasteiger partial charge in [0, 0.05) is 31.7 Å². The molecule has 1 fully saturated rings. The molecule has 0 bridgehead atoms. The summed E-state index contributed by atoms with van der Waals surface area (Å²) in [6.45, 7) is 3.44. The van der Waals surface area contributed by atoms with Crippen LogP contribution in [0.4, 0.5) is 20.6 Å². The Balaban J connectivity index is 1.50. The summed E-state index contributed by atoms with van der Waals surface area (Å²) in [5, 5.41) is 3.05. The number of carbonyl (C=O) groups excluding carboxylic acids is 2. The van der Waals surface area contributed by atoms with Gasteiger partial charge in [0.15, 0.2) is 0 Å². The van der Waals surface area contributed by atoms with Gasteiger partial charge in [-0.2, -0.15) is 0 Å². The molecule has 4 rings (SSSR count). The quantitative estimate of drug-likeness (QED) is 0.868. The molecule has 1 saturated heterocycles. The normalized spacial score (nSPS) is 19.2. The van der Waals surface area contributed by atoms with Gasteiger partial charge in [0.2, 0.25) is 0 Å². The predicted molar refractivity (Wildman–Crippen MR) is 111 cm³/mol. The Kier molecular flexibility index (Phi) is 5.49. The van der Waals surface area contributed by atoms with E-state index in [9.17, 15) is 14.0 Å². The van der Waals surface area contributed by atoms with Crippen molar-refractivity contribution in [2.75, 3.05) is 49.6 Å². The van der Waals surface area contributed by atoms with E-state index in [0.29, 0.717) is 42.5 Å². The van der Waals surface area contributed by atoms with Gasteiger partial charge in [0.25, 0.3) is 5.91 Å². The largest absolute Gasteiger partial charge is 0.337 e. The highest BCUT2D eigenvalue weighted by molar-refractivity contribution is 6.10. The summed E-state index contributed by atoms with van der Waals surface area (Å²) in [7, 11) is 2.09. The summed E-state index contributed by atoms with van der Waals surface area (Å²) in [5.41, 5.74) is 1.64. The smallest absolute Gasteiger partial charge is 0.322 e. The van der Waals surface area contributed by atoms with Gasteiger partial charge in [-0.3, -0.25) is 9.69 Å². The molecule has 6 nitrogen and oxygen atoms in total. The summed E-state index contributed by atoms with van der Waals surface area (Å²) in [5.74, 6) is -0.249. The van der Waals surface area contributed by atoms with E-state index in [4.69, 9.17) is 0 Å². The van der Waals surface area contributed by atoms with E-state index in [1.165, 1.54) is 18.2 Å². The molecule has 1 atom stereocenters. The highest BCUT2D eigenvalue weighted by atomic mass is 19.1. The third kappa shape index (κ3) is 4.10. The van der Waals surface area contributed by atoms with Crippen LogP contribution in [-0.4, -0.2) is 56.6 Å². The fraction of sp³-hybridized carbons (Fsp3) is 0.364. The molecule has 0 radical (unpaired) electrons. The lowest BCUT2D eigenvalue weighted by atomic mass is 10.1.